The van der Waals surface area contributed by atoms with Crippen molar-refractivity contribution in [2.24, 2.45) is 5.73 Å². The number of carbonyl (C=O) groups is 1. The molecule has 0 spiro atoms. The van der Waals surface area contributed by atoms with Gasteiger partial charge in [0.1, 0.15) is 23.8 Å². The van der Waals surface area contributed by atoms with Crippen molar-refractivity contribution in [1.82, 2.24) is 19.7 Å². The molecule has 9 heteroatoms. The van der Waals surface area contributed by atoms with Crippen LogP contribution in [0.25, 0.3) is 16.7 Å². The molecule has 4 N–H and O–H groups in total. The fraction of sp³-hybridized carbons (Fsp3) is 0.250. The van der Waals surface area contributed by atoms with Crippen molar-refractivity contribution in [3.8, 4) is 17.5 Å². The topological polar surface area (TPSA) is 118 Å². The minimum Gasteiger partial charge on any atom is -0.380 e. The van der Waals surface area contributed by atoms with Crippen molar-refractivity contribution in [3.63, 3.8) is 0 Å². The lowest BCUT2D eigenvalue weighted by atomic mass is 10.1. The van der Waals surface area contributed by atoms with E-state index in [-0.39, 0.29) is 17.7 Å². The number of hydrogen-bond donors (Lipinski definition) is 3. The molecule has 0 saturated heterocycles. The van der Waals surface area contributed by atoms with Crippen LogP contribution >= 0.6 is 0 Å². The highest BCUT2D eigenvalue weighted by molar-refractivity contribution is 5.80. The predicted octanol–water partition coefficient (Wildman–Crippen LogP) is 0.700. The molecule has 3 rings (SSSR count). The van der Waals surface area contributed by atoms with Crippen LogP contribution in [0, 0.1) is 17.7 Å². The van der Waals surface area contributed by atoms with Crippen LogP contribution in [0.1, 0.15) is 23.9 Å². The Bertz CT molecular complexity index is 1090. The van der Waals surface area contributed by atoms with Crippen LogP contribution in [0.3, 0.4) is 0 Å². The molecule has 2 heterocycles. The van der Waals surface area contributed by atoms with E-state index in [0.717, 1.165) is 0 Å². The first-order valence-electron chi connectivity index (χ1n) is 8.83. The Balaban J connectivity index is 1.94. The van der Waals surface area contributed by atoms with E-state index in [0.29, 0.717) is 29.7 Å². The Morgan fingerprint density at radius 2 is 2.17 bits per heavy atom. The molecule has 0 aliphatic carbocycles. The SMILES string of the molecule is CN(C=O)CCC(O)C#Cc1cc(-n2nc(C(N)O)c3cccnc32)ccc1F. The number of aliphatic hydroxyl groups is 2. The Labute approximate surface area is 166 Å². The summed E-state index contributed by atoms with van der Waals surface area (Å²) in [6, 6.07) is 7.64. The molecule has 2 atom stereocenters. The molecular formula is C20H20FN5O3. The zero-order chi connectivity index (χ0) is 21.0. The molecule has 1 amide bonds. The van der Waals surface area contributed by atoms with Gasteiger partial charge in [0.15, 0.2) is 5.65 Å². The number of halogens is 1. The van der Waals surface area contributed by atoms with Gasteiger partial charge in [0.2, 0.25) is 6.41 Å². The van der Waals surface area contributed by atoms with Gasteiger partial charge in [0.05, 0.1) is 11.3 Å². The van der Waals surface area contributed by atoms with Crippen molar-refractivity contribution in [1.29, 1.82) is 0 Å². The van der Waals surface area contributed by atoms with E-state index in [4.69, 9.17) is 5.73 Å². The number of nitrogens with zero attached hydrogens (tertiary/aromatic N) is 4. The maximum absolute atomic E-state index is 14.2. The molecular weight excluding hydrogens is 377 g/mol. The van der Waals surface area contributed by atoms with Gasteiger partial charge in [0, 0.05) is 31.6 Å². The summed E-state index contributed by atoms with van der Waals surface area (Å²) in [6.07, 6.45) is 0.172. The second-order valence-electron chi connectivity index (χ2n) is 6.44. The smallest absolute Gasteiger partial charge is 0.209 e. The van der Waals surface area contributed by atoms with Gasteiger partial charge >= 0.3 is 0 Å². The molecule has 0 aliphatic heterocycles. The van der Waals surface area contributed by atoms with Gasteiger partial charge in [-0.1, -0.05) is 11.8 Å². The van der Waals surface area contributed by atoms with Crippen molar-refractivity contribution in [3.05, 3.63) is 53.6 Å². The van der Waals surface area contributed by atoms with Gasteiger partial charge in [-0.25, -0.2) is 14.1 Å². The summed E-state index contributed by atoms with van der Waals surface area (Å²) in [7, 11) is 1.59. The number of amides is 1. The zero-order valence-electron chi connectivity index (χ0n) is 15.7. The second kappa shape index (κ2) is 8.79. The van der Waals surface area contributed by atoms with Crippen molar-refractivity contribution in [2.45, 2.75) is 18.8 Å². The fourth-order valence-electron chi connectivity index (χ4n) is 2.73. The van der Waals surface area contributed by atoms with E-state index in [9.17, 15) is 19.4 Å². The van der Waals surface area contributed by atoms with Gasteiger partial charge in [-0.05, 0) is 30.3 Å². The number of rotatable bonds is 6. The number of hydrogen-bond acceptors (Lipinski definition) is 6. The first kappa shape index (κ1) is 20.4. The Morgan fingerprint density at radius 1 is 1.38 bits per heavy atom. The Hall–Kier alpha value is -3.32. The van der Waals surface area contributed by atoms with Crippen LogP contribution in [0.5, 0.6) is 0 Å². The molecule has 3 aromatic rings. The minimum absolute atomic E-state index is 0.0692. The van der Waals surface area contributed by atoms with E-state index in [1.807, 2.05) is 0 Å². The Morgan fingerprint density at radius 3 is 2.90 bits per heavy atom. The summed E-state index contributed by atoms with van der Waals surface area (Å²) in [5.41, 5.74) is 6.83. The number of fused-ring (bicyclic) bond motifs is 1. The van der Waals surface area contributed by atoms with Gasteiger partial charge < -0.3 is 20.8 Å². The summed E-state index contributed by atoms with van der Waals surface area (Å²) >= 11 is 0. The third-order valence-corrected chi connectivity index (χ3v) is 4.25. The van der Waals surface area contributed by atoms with Gasteiger partial charge in [-0.3, -0.25) is 4.79 Å². The molecule has 0 saturated carbocycles. The van der Waals surface area contributed by atoms with E-state index in [1.54, 1.807) is 25.4 Å². The van der Waals surface area contributed by atoms with Crippen LogP contribution in [0.2, 0.25) is 0 Å². The predicted molar refractivity (Wildman–Crippen MR) is 104 cm³/mol. The molecule has 29 heavy (non-hydrogen) atoms. The highest BCUT2D eigenvalue weighted by Crippen LogP contribution is 2.24. The minimum atomic E-state index is -1.29. The van der Waals surface area contributed by atoms with Crippen molar-refractivity contribution in [2.75, 3.05) is 13.6 Å². The second-order valence-corrected chi connectivity index (χ2v) is 6.44. The number of carbonyl (C=O) groups excluding carboxylic acids is 1. The number of pyridine rings is 1. The quantitative estimate of drug-likeness (QED) is 0.320. The molecule has 2 aromatic heterocycles. The lowest BCUT2D eigenvalue weighted by molar-refractivity contribution is -0.117. The number of benzene rings is 1. The molecule has 0 fully saturated rings. The molecule has 8 nitrogen and oxygen atoms in total. The third-order valence-electron chi connectivity index (χ3n) is 4.25. The summed E-state index contributed by atoms with van der Waals surface area (Å²) in [6.45, 7) is 0.330. The van der Waals surface area contributed by atoms with Crippen LogP contribution in [0.4, 0.5) is 4.39 Å². The van der Waals surface area contributed by atoms with Crippen LogP contribution in [-0.4, -0.2) is 56.0 Å². The Kier molecular flexibility index (Phi) is 6.19. The van der Waals surface area contributed by atoms with Crippen LogP contribution in [0.15, 0.2) is 36.5 Å². The van der Waals surface area contributed by atoms with Crippen molar-refractivity contribution >= 4 is 17.4 Å². The molecule has 0 aliphatic rings. The standard InChI is InChI=1S/C20H20FN5O3/c1-25(12-27)10-8-15(28)6-4-13-11-14(5-7-17(13)21)26-20-16(3-2-9-23-20)18(24-26)19(22)29/h2-3,5,7,9,11-12,15,19,28-29H,8,10,22H2,1H3. The summed E-state index contributed by atoms with van der Waals surface area (Å²) in [5, 5.41) is 24.6. The maximum atomic E-state index is 14.2. The highest BCUT2D eigenvalue weighted by atomic mass is 19.1. The monoisotopic (exact) mass is 397 g/mol. The third kappa shape index (κ3) is 4.57. The normalized spacial score (nSPS) is 12.9. The summed E-state index contributed by atoms with van der Waals surface area (Å²) < 4.78 is 15.7. The first-order chi connectivity index (χ1) is 13.9. The largest absolute Gasteiger partial charge is 0.380 e. The van der Waals surface area contributed by atoms with E-state index in [2.05, 4.69) is 21.9 Å². The van der Waals surface area contributed by atoms with Crippen LogP contribution in [-0.2, 0) is 4.79 Å². The maximum Gasteiger partial charge on any atom is 0.209 e. The van der Waals surface area contributed by atoms with Gasteiger partial charge in [0.25, 0.3) is 0 Å². The number of aliphatic hydroxyl groups excluding tert-OH is 2. The lowest BCUT2D eigenvalue weighted by Crippen LogP contribution is -2.21. The first-order valence-corrected chi connectivity index (χ1v) is 8.83. The molecule has 0 radical (unpaired) electrons. The molecule has 0 bridgehead atoms. The number of nitrogens with two attached hydrogens (primary N) is 1. The lowest BCUT2D eigenvalue weighted by Gasteiger charge is -2.10. The van der Waals surface area contributed by atoms with Crippen molar-refractivity contribution < 1.29 is 19.4 Å². The van der Waals surface area contributed by atoms with E-state index >= 15 is 0 Å². The highest BCUT2D eigenvalue weighted by Gasteiger charge is 2.17. The number of aromatic nitrogens is 3. The van der Waals surface area contributed by atoms with E-state index < -0.39 is 18.1 Å². The molecule has 1 aromatic carbocycles. The van der Waals surface area contributed by atoms with Gasteiger partial charge in [-0.15, -0.1) is 0 Å². The zero-order valence-corrected chi connectivity index (χ0v) is 15.7. The van der Waals surface area contributed by atoms with Crippen LogP contribution < -0.4 is 5.73 Å². The summed E-state index contributed by atoms with van der Waals surface area (Å²) in [5.74, 6) is 4.65. The fourth-order valence-corrected chi connectivity index (χ4v) is 2.73. The average Bonchev–Trinajstić information content (AvgIpc) is 3.11. The summed E-state index contributed by atoms with van der Waals surface area (Å²) in [4.78, 5) is 16.2. The molecule has 2 unspecified atom stereocenters. The van der Waals surface area contributed by atoms with Gasteiger partial charge in [-0.2, -0.15) is 5.10 Å². The average molecular weight is 397 g/mol. The molecule has 150 valence electrons. The van der Waals surface area contributed by atoms with E-state index in [1.165, 1.54) is 27.8 Å².